The molecule has 0 saturated carbocycles. The minimum Gasteiger partial charge on any atom is -0.497 e. The molecule has 1 amide bonds. The summed E-state index contributed by atoms with van der Waals surface area (Å²) < 4.78 is 7.51. The van der Waals surface area contributed by atoms with Crippen LogP contribution in [0.4, 0.5) is 5.69 Å². The van der Waals surface area contributed by atoms with E-state index in [-0.39, 0.29) is 23.3 Å². The van der Waals surface area contributed by atoms with E-state index in [0.29, 0.717) is 26.8 Å². The van der Waals surface area contributed by atoms with Crippen LogP contribution in [-0.4, -0.2) is 28.3 Å². The SMILES string of the molecule is CCC(C)n1c(SCC(=O)Nc2cccc(OC)c2)nc2ccsc2c1=O. The molecule has 142 valence electrons. The van der Waals surface area contributed by atoms with Crippen molar-refractivity contribution in [2.24, 2.45) is 0 Å². The second kappa shape index (κ2) is 8.58. The van der Waals surface area contributed by atoms with Gasteiger partial charge in [-0.15, -0.1) is 11.3 Å². The van der Waals surface area contributed by atoms with Crippen LogP contribution < -0.4 is 15.6 Å². The summed E-state index contributed by atoms with van der Waals surface area (Å²) in [5, 5.41) is 5.28. The molecule has 0 saturated heterocycles. The van der Waals surface area contributed by atoms with Crippen LogP contribution in [-0.2, 0) is 4.79 Å². The molecule has 1 unspecified atom stereocenters. The summed E-state index contributed by atoms with van der Waals surface area (Å²) in [6, 6.07) is 9.04. The number of aromatic nitrogens is 2. The molecule has 2 heterocycles. The predicted octanol–water partition coefficient (Wildman–Crippen LogP) is 4.17. The summed E-state index contributed by atoms with van der Waals surface area (Å²) in [4.78, 5) is 29.8. The van der Waals surface area contributed by atoms with Gasteiger partial charge in [-0.25, -0.2) is 4.98 Å². The van der Waals surface area contributed by atoms with Crippen LogP contribution in [0.1, 0.15) is 26.3 Å². The van der Waals surface area contributed by atoms with Gasteiger partial charge in [0.25, 0.3) is 5.56 Å². The van der Waals surface area contributed by atoms with Crippen LogP contribution >= 0.6 is 23.1 Å². The fourth-order valence-electron chi connectivity index (χ4n) is 2.60. The normalized spacial score (nSPS) is 12.1. The van der Waals surface area contributed by atoms with Gasteiger partial charge in [-0.05, 0) is 36.9 Å². The summed E-state index contributed by atoms with van der Waals surface area (Å²) in [5.41, 5.74) is 1.31. The number of benzene rings is 1. The lowest BCUT2D eigenvalue weighted by atomic mass is 10.2. The minimum atomic E-state index is -0.163. The van der Waals surface area contributed by atoms with Crippen LogP contribution in [0.3, 0.4) is 0 Å². The highest BCUT2D eigenvalue weighted by Gasteiger charge is 2.17. The van der Waals surface area contributed by atoms with Crippen molar-refractivity contribution in [2.75, 3.05) is 18.2 Å². The van der Waals surface area contributed by atoms with E-state index in [1.165, 1.54) is 23.1 Å². The number of rotatable bonds is 7. The number of carbonyl (C=O) groups is 1. The highest BCUT2D eigenvalue weighted by atomic mass is 32.2. The van der Waals surface area contributed by atoms with Crippen LogP contribution in [0.5, 0.6) is 5.75 Å². The number of hydrogen-bond donors (Lipinski definition) is 1. The number of methoxy groups -OCH3 is 1. The first-order valence-corrected chi connectivity index (χ1v) is 10.5. The van der Waals surface area contributed by atoms with E-state index in [2.05, 4.69) is 10.3 Å². The van der Waals surface area contributed by atoms with Gasteiger partial charge in [-0.1, -0.05) is 24.8 Å². The highest BCUT2D eigenvalue weighted by molar-refractivity contribution is 7.99. The van der Waals surface area contributed by atoms with Crippen molar-refractivity contribution >= 4 is 44.9 Å². The molecule has 0 bridgehead atoms. The molecule has 3 aromatic rings. The molecule has 1 N–H and O–H groups in total. The third kappa shape index (κ3) is 4.33. The fraction of sp³-hybridized carbons (Fsp3) is 0.316. The second-order valence-corrected chi connectivity index (χ2v) is 7.89. The van der Waals surface area contributed by atoms with Gasteiger partial charge in [0.1, 0.15) is 10.4 Å². The van der Waals surface area contributed by atoms with Gasteiger partial charge in [-0.3, -0.25) is 14.2 Å². The Kier molecular flexibility index (Phi) is 6.18. The minimum absolute atomic E-state index is 0.0143. The molecule has 1 atom stereocenters. The fourth-order valence-corrected chi connectivity index (χ4v) is 4.27. The van der Waals surface area contributed by atoms with Crippen molar-refractivity contribution < 1.29 is 9.53 Å². The van der Waals surface area contributed by atoms with Crippen molar-refractivity contribution in [3.8, 4) is 5.75 Å². The number of hydrogen-bond acceptors (Lipinski definition) is 6. The molecule has 6 nitrogen and oxygen atoms in total. The summed E-state index contributed by atoms with van der Waals surface area (Å²) in [7, 11) is 1.58. The maximum Gasteiger partial charge on any atom is 0.272 e. The first kappa shape index (κ1) is 19.4. The van der Waals surface area contributed by atoms with Gasteiger partial charge in [0.2, 0.25) is 5.91 Å². The summed E-state index contributed by atoms with van der Waals surface area (Å²) in [6.07, 6.45) is 0.808. The van der Waals surface area contributed by atoms with Gasteiger partial charge in [-0.2, -0.15) is 0 Å². The molecule has 0 aliphatic carbocycles. The van der Waals surface area contributed by atoms with E-state index in [9.17, 15) is 9.59 Å². The number of fused-ring (bicyclic) bond motifs is 1. The topological polar surface area (TPSA) is 73.2 Å². The van der Waals surface area contributed by atoms with Gasteiger partial charge >= 0.3 is 0 Å². The Morgan fingerprint density at radius 3 is 2.96 bits per heavy atom. The molecule has 3 rings (SSSR count). The van der Waals surface area contributed by atoms with Crippen molar-refractivity contribution in [1.82, 2.24) is 9.55 Å². The molecule has 2 aromatic heterocycles. The molecule has 0 spiro atoms. The predicted molar refractivity (Wildman–Crippen MR) is 111 cm³/mol. The summed E-state index contributed by atoms with van der Waals surface area (Å²) in [5.74, 6) is 0.676. The van der Waals surface area contributed by atoms with Crippen LogP contribution in [0, 0.1) is 0 Å². The maximum atomic E-state index is 12.8. The average molecular weight is 404 g/mol. The Bertz CT molecular complexity index is 1010. The lowest BCUT2D eigenvalue weighted by Crippen LogP contribution is -2.26. The van der Waals surface area contributed by atoms with E-state index < -0.39 is 0 Å². The van der Waals surface area contributed by atoms with Crippen LogP contribution in [0.25, 0.3) is 10.2 Å². The van der Waals surface area contributed by atoms with E-state index in [4.69, 9.17) is 4.74 Å². The van der Waals surface area contributed by atoms with E-state index in [1.807, 2.05) is 37.4 Å². The van der Waals surface area contributed by atoms with Crippen LogP contribution in [0.2, 0.25) is 0 Å². The Labute approximate surface area is 165 Å². The molecule has 0 fully saturated rings. The Morgan fingerprint density at radius 2 is 2.22 bits per heavy atom. The maximum absolute atomic E-state index is 12.8. The van der Waals surface area contributed by atoms with Crippen LogP contribution in [0.15, 0.2) is 45.7 Å². The summed E-state index contributed by atoms with van der Waals surface area (Å²) in [6.45, 7) is 4.02. The Morgan fingerprint density at radius 1 is 1.41 bits per heavy atom. The monoisotopic (exact) mass is 403 g/mol. The highest BCUT2D eigenvalue weighted by Crippen LogP contribution is 2.25. The largest absolute Gasteiger partial charge is 0.497 e. The number of thioether (sulfide) groups is 1. The zero-order chi connectivity index (χ0) is 19.4. The molecular formula is C19H21N3O3S2. The molecule has 1 aromatic carbocycles. The second-order valence-electron chi connectivity index (χ2n) is 6.03. The smallest absolute Gasteiger partial charge is 0.272 e. The van der Waals surface area contributed by atoms with Gasteiger partial charge in [0, 0.05) is 17.8 Å². The Hall–Kier alpha value is -2.32. The molecular weight excluding hydrogens is 382 g/mol. The number of nitrogens with zero attached hydrogens (tertiary/aromatic N) is 2. The number of anilines is 1. The first-order valence-electron chi connectivity index (χ1n) is 8.60. The number of amides is 1. The Balaban J connectivity index is 1.79. The zero-order valence-electron chi connectivity index (χ0n) is 15.4. The van der Waals surface area contributed by atoms with Crippen molar-refractivity contribution in [3.05, 3.63) is 46.1 Å². The molecule has 0 aliphatic heterocycles. The van der Waals surface area contributed by atoms with E-state index in [0.717, 1.165) is 6.42 Å². The van der Waals surface area contributed by atoms with E-state index in [1.54, 1.807) is 23.8 Å². The molecule has 27 heavy (non-hydrogen) atoms. The number of ether oxygens (including phenoxy) is 1. The van der Waals surface area contributed by atoms with Gasteiger partial charge in [0.05, 0.1) is 18.4 Å². The zero-order valence-corrected chi connectivity index (χ0v) is 17.0. The van der Waals surface area contributed by atoms with Gasteiger partial charge < -0.3 is 10.1 Å². The summed E-state index contributed by atoms with van der Waals surface area (Å²) >= 11 is 2.67. The number of carbonyl (C=O) groups excluding carboxylic acids is 1. The third-order valence-corrected chi connectivity index (χ3v) is 6.04. The van der Waals surface area contributed by atoms with Crippen molar-refractivity contribution in [2.45, 2.75) is 31.5 Å². The lowest BCUT2D eigenvalue weighted by Gasteiger charge is -2.17. The first-order chi connectivity index (χ1) is 13.0. The van der Waals surface area contributed by atoms with Gasteiger partial charge in [0.15, 0.2) is 5.16 Å². The molecule has 0 aliphatic rings. The van der Waals surface area contributed by atoms with E-state index >= 15 is 0 Å². The lowest BCUT2D eigenvalue weighted by molar-refractivity contribution is -0.113. The quantitative estimate of drug-likeness (QED) is 0.473. The third-order valence-electron chi connectivity index (χ3n) is 4.20. The van der Waals surface area contributed by atoms with Crippen molar-refractivity contribution in [1.29, 1.82) is 0 Å². The number of thiophene rings is 1. The molecule has 8 heteroatoms. The molecule has 0 radical (unpaired) electrons. The number of nitrogens with one attached hydrogen (secondary N) is 1. The van der Waals surface area contributed by atoms with Crippen molar-refractivity contribution in [3.63, 3.8) is 0 Å². The average Bonchev–Trinajstić information content (AvgIpc) is 3.15. The standard InChI is InChI=1S/C19H21N3O3S2/c1-4-12(2)22-18(24)17-15(8-9-26-17)21-19(22)27-11-16(23)20-13-6-5-7-14(10-13)25-3/h5-10,12H,4,11H2,1-3H3,(H,20,23).